The number of carbonyl (C=O) groups is 2. The lowest BCUT2D eigenvalue weighted by atomic mass is 10.1. The molecule has 0 radical (unpaired) electrons. The van der Waals surface area contributed by atoms with Gasteiger partial charge in [-0.1, -0.05) is 31.0 Å². The van der Waals surface area contributed by atoms with E-state index in [0.717, 1.165) is 18.4 Å². The third-order valence-corrected chi connectivity index (χ3v) is 4.18. The van der Waals surface area contributed by atoms with Crippen molar-refractivity contribution in [2.75, 3.05) is 23.4 Å². The Morgan fingerprint density at radius 2 is 2.08 bits per heavy atom. The number of carbonyl (C=O) groups excluding carboxylic acids is 2. The fraction of sp³-hybridized carbons (Fsp3) is 0.300. The molecule has 0 saturated heterocycles. The van der Waals surface area contributed by atoms with E-state index in [-0.39, 0.29) is 18.4 Å². The highest BCUT2D eigenvalue weighted by molar-refractivity contribution is 6.05. The SMILES string of the molecule is CCCCN1C(=O)COc2ccc(NC(=O)c3cccc(C)c3)cc21. The Bertz CT molecular complexity index is 801. The van der Waals surface area contributed by atoms with Gasteiger partial charge in [0.05, 0.1) is 5.69 Å². The van der Waals surface area contributed by atoms with E-state index in [2.05, 4.69) is 12.2 Å². The minimum Gasteiger partial charge on any atom is -0.482 e. The highest BCUT2D eigenvalue weighted by atomic mass is 16.5. The molecule has 1 N–H and O–H groups in total. The van der Waals surface area contributed by atoms with Crippen molar-refractivity contribution < 1.29 is 14.3 Å². The number of unbranched alkanes of at least 4 members (excludes halogenated alkanes) is 1. The molecule has 1 heterocycles. The fourth-order valence-corrected chi connectivity index (χ4v) is 2.83. The zero-order valence-electron chi connectivity index (χ0n) is 14.5. The zero-order valence-corrected chi connectivity index (χ0v) is 14.5. The van der Waals surface area contributed by atoms with Crippen LogP contribution >= 0.6 is 0 Å². The van der Waals surface area contributed by atoms with Crippen molar-refractivity contribution in [3.05, 3.63) is 53.6 Å². The average molecular weight is 338 g/mol. The van der Waals surface area contributed by atoms with E-state index in [1.165, 1.54) is 0 Å². The van der Waals surface area contributed by atoms with Gasteiger partial charge in [-0.3, -0.25) is 9.59 Å². The van der Waals surface area contributed by atoms with E-state index < -0.39 is 0 Å². The van der Waals surface area contributed by atoms with Gasteiger partial charge in [-0.25, -0.2) is 0 Å². The Morgan fingerprint density at radius 1 is 1.24 bits per heavy atom. The van der Waals surface area contributed by atoms with Gasteiger partial charge < -0.3 is 15.0 Å². The van der Waals surface area contributed by atoms with Crippen LogP contribution in [0.1, 0.15) is 35.7 Å². The van der Waals surface area contributed by atoms with Gasteiger partial charge in [0, 0.05) is 17.8 Å². The van der Waals surface area contributed by atoms with Crippen LogP contribution in [0.25, 0.3) is 0 Å². The first-order valence-corrected chi connectivity index (χ1v) is 8.53. The zero-order chi connectivity index (χ0) is 17.8. The number of hydrogen-bond acceptors (Lipinski definition) is 3. The molecule has 0 spiro atoms. The van der Waals surface area contributed by atoms with Gasteiger partial charge in [0.2, 0.25) is 0 Å². The molecule has 2 aromatic rings. The maximum absolute atomic E-state index is 12.4. The maximum Gasteiger partial charge on any atom is 0.265 e. The number of nitrogens with one attached hydrogen (secondary N) is 1. The molecule has 0 atom stereocenters. The lowest BCUT2D eigenvalue weighted by Crippen LogP contribution is -2.39. The van der Waals surface area contributed by atoms with Crippen LogP contribution in [0, 0.1) is 6.92 Å². The monoisotopic (exact) mass is 338 g/mol. The summed E-state index contributed by atoms with van der Waals surface area (Å²) in [5.41, 5.74) is 2.99. The Morgan fingerprint density at radius 3 is 2.84 bits per heavy atom. The maximum atomic E-state index is 12.4. The first kappa shape index (κ1) is 17.0. The number of anilines is 2. The third kappa shape index (κ3) is 3.82. The van der Waals surface area contributed by atoms with E-state index in [1.54, 1.807) is 29.2 Å². The largest absolute Gasteiger partial charge is 0.482 e. The van der Waals surface area contributed by atoms with E-state index in [0.29, 0.717) is 29.2 Å². The van der Waals surface area contributed by atoms with Crippen molar-refractivity contribution in [3.8, 4) is 5.75 Å². The molecule has 3 rings (SSSR count). The normalized spacial score (nSPS) is 13.2. The summed E-state index contributed by atoms with van der Waals surface area (Å²) in [4.78, 5) is 26.3. The number of amides is 2. The highest BCUT2D eigenvalue weighted by Gasteiger charge is 2.25. The van der Waals surface area contributed by atoms with E-state index in [1.807, 2.05) is 25.1 Å². The standard InChI is InChI=1S/C20H22N2O3/c1-3-4-10-22-17-12-16(8-9-18(17)25-13-19(22)23)21-20(24)15-7-5-6-14(2)11-15/h5-9,11-12H,3-4,10,13H2,1-2H3,(H,21,24). The molecule has 1 aliphatic rings. The number of hydrogen-bond donors (Lipinski definition) is 1. The van der Waals surface area contributed by atoms with Crippen LogP contribution in [-0.2, 0) is 4.79 Å². The van der Waals surface area contributed by atoms with Crippen molar-refractivity contribution in [3.63, 3.8) is 0 Å². The molecule has 0 fully saturated rings. The number of nitrogens with zero attached hydrogens (tertiary/aromatic N) is 1. The van der Waals surface area contributed by atoms with Gasteiger partial charge in [0.15, 0.2) is 6.61 Å². The van der Waals surface area contributed by atoms with Crippen LogP contribution < -0.4 is 15.0 Å². The predicted molar refractivity (Wildman–Crippen MR) is 98.3 cm³/mol. The Hall–Kier alpha value is -2.82. The molecule has 0 aromatic heterocycles. The minimum absolute atomic E-state index is 0.0527. The smallest absolute Gasteiger partial charge is 0.265 e. The average Bonchev–Trinajstić information content (AvgIpc) is 2.61. The van der Waals surface area contributed by atoms with Crippen LogP contribution in [0.5, 0.6) is 5.75 Å². The molecule has 0 saturated carbocycles. The number of ether oxygens (including phenoxy) is 1. The number of aryl methyl sites for hydroxylation is 1. The van der Waals surface area contributed by atoms with Crippen LogP contribution in [0.4, 0.5) is 11.4 Å². The van der Waals surface area contributed by atoms with Crippen molar-refractivity contribution >= 4 is 23.2 Å². The topological polar surface area (TPSA) is 58.6 Å². The molecule has 2 aromatic carbocycles. The molecule has 130 valence electrons. The predicted octanol–water partition coefficient (Wildman–Crippen LogP) is 3.77. The fourth-order valence-electron chi connectivity index (χ4n) is 2.83. The minimum atomic E-state index is -0.174. The molecule has 5 heteroatoms. The summed E-state index contributed by atoms with van der Waals surface area (Å²) in [7, 11) is 0. The summed E-state index contributed by atoms with van der Waals surface area (Å²) < 4.78 is 5.50. The Labute approximate surface area is 147 Å². The second kappa shape index (κ2) is 7.38. The van der Waals surface area contributed by atoms with Crippen molar-refractivity contribution in [2.45, 2.75) is 26.7 Å². The van der Waals surface area contributed by atoms with Gasteiger partial charge in [-0.15, -0.1) is 0 Å². The summed E-state index contributed by atoms with van der Waals surface area (Å²) in [6.45, 7) is 4.75. The molecule has 2 amide bonds. The van der Waals surface area contributed by atoms with Gasteiger partial charge in [0.25, 0.3) is 11.8 Å². The van der Waals surface area contributed by atoms with Crippen LogP contribution in [0.2, 0.25) is 0 Å². The third-order valence-electron chi connectivity index (χ3n) is 4.18. The summed E-state index contributed by atoms with van der Waals surface area (Å²) in [6, 6.07) is 12.8. The lowest BCUT2D eigenvalue weighted by Gasteiger charge is -2.29. The Balaban J connectivity index is 1.83. The highest BCUT2D eigenvalue weighted by Crippen LogP contribution is 2.34. The first-order chi connectivity index (χ1) is 12.1. The summed E-state index contributed by atoms with van der Waals surface area (Å²) >= 11 is 0. The lowest BCUT2D eigenvalue weighted by molar-refractivity contribution is -0.121. The van der Waals surface area contributed by atoms with Crippen molar-refractivity contribution in [1.29, 1.82) is 0 Å². The second-order valence-corrected chi connectivity index (χ2v) is 6.19. The van der Waals surface area contributed by atoms with Gasteiger partial charge in [0.1, 0.15) is 5.75 Å². The molecule has 0 aliphatic carbocycles. The molecule has 0 bridgehead atoms. The van der Waals surface area contributed by atoms with Crippen molar-refractivity contribution in [2.24, 2.45) is 0 Å². The van der Waals surface area contributed by atoms with Gasteiger partial charge in [-0.2, -0.15) is 0 Å². The van der Waals surface area contributed by atoms with E-state index in [9.17, 15) is 9.59 Å². The van der Waals surface area contributed by atoms with E-state index in [4.69, 9.17) is 4.74 Å². The van der Waals surface area contributed by atoms with E-state index >= 15 is 0 Å². The summed E-state index contributed by atoms with van der Waals surface area (Å²) in [5, 5.41) is 2.89. The van der Waals surface area contributed by atoms with Gasteiger partial charge >= 0.3 is 0 Å². The molecule has 5 nitrogen and oxygen atoms in total. The molecular formula is C20H22N2O3. The Kier molecular flexibility index (Phi) is 5.03. The quantitative estimate of drug-likeness (QED) is 0.903. The van der Waals surface area contributed by atoms with Gasteiger partial charge in [-0.05, 0) is 43.7 Å². The number of fused-ring (bicyclic) bond motifs is 1. The summed E-state index contributed by atoms with van der Waals surface area (Å²) in [5.74, 6) is 0.444. The van der Waals surface area contributed by atoms with Crippen LogP contribution in [-0.4, -0.2) is 25.0 Å². The molecule has 25 heavy (non-hydrogen) atoms. The molecule has 0 unspecified atom stereocenters. The van der Waals surface area contributed by atoms with Crippen LogP contribution in [0.3, 0.4) is 0 Å². The molecular weight excluding hydrogens is 316 g/mol. The summed E-state index contributed by atoms with van der Waals surface area (Å²) in [6.07, 6.45) is 1.93. The molecule has 1 aliphatic heterocycles. The van der Waals surface area contributed by atoms with Crippen LogP contribution in [0.15, 0.2) is 42.5 Å². The number of rotatable bonds is 5. The van der Waals surface area contributed by atoms with Crippen molar-refractivity contribution in [1.82, 2.24) is 0 Å². The number of benzene rings is 2. The second-order valence-electron chi connectivity index (χ2n) is 6.19. The first-order valence-electron chi connectivity index (χ1n) is 8.53.